The fourth-order valence-corrected chi connectivity index (χ4v) is 1.97. The minimum atomic E-state index is -1.02. The molecule has 1 heterocycles. The van der Waals surface area contributed by atoms with Gasteiger partial charge in [-0.15, -0.1) is 0 Å². The summed E-state index contributed by atoms with van der Waals surface area (Å²) >= 11 is 0. The maximum atomic E-state index is 13.9. The first-order chi connectivity index (χ1) is 10.5. The van der Waals surface area contributed by atoms with E-state index in [1.54, 1.807) is 25.3 Å². The zero-order valence-corrected chi connectivity index (χ0v) is 12.0. The summed E-state index contributed by atoms with van der Waals surface area (Å²) in [6.07, 6.45) is 1.50. The molecule has 1 N–H and O–H groups in total. The van der Waals surface area contributed by atoms with Crippen molar-refractivity contribution < 1.29 is 23.4 Å². The summed E-state index contributed by atoms with van der Waals surface area (Å²) in [5, 5.41) is 8.59. The van der Waals surface area contributed by atoms with Gasteiger partial charge in [-0.2, -0.15) is 0 Å². The predicted molar refractivity (Wildman–Crippen MR) is 75.6 cm³/mol. The van der Waals surface area contributed by atoms with Crippen LogP contribution in [0.15, 0.2) is 30.5 Å². The van der Waals surface area contributed by atoms with Gasteiger partial charge in [0.15, 0.2) is 17.4 Å². The minimum absolute atomic E-state index is 0.00197. The Hall–Kier alpha value is -2.50. The summed E-state index contributed by atoms with van der Waals surface area (Å²) in [6, 6.07) is 5.67. The quantitative estimate of drug-likeness (QED) is 0.890. The molecule has 0 bridgehead atoms. The van der Waals surface area contributed by atoms with Crippen molar-refractivity contribution in [2.45, 2.75) is 26.4 Å². The molecule has 0 radical (unpaired) electrons. The molecule has 0 unspecified atom stereocenters. The van der Waals surface area contributed by atoms with Gasteiger partial charge in [0.25, 0.3) is 0 Å². The monoisotopic (exact) mass is 307 g/mol. The number of hydrogen-bond acceptors (Lipinski definition) is 3. The van der Waals surface area contributed by atoms with Crippen molar-refractivity contribution in [1.29, 1.82) is 0 Å². The van der Waals surface area contributed by atoms with E-state index in [1.165, 1.54) is 0 Å². The van der Waals surface area contributed by atoms with Gasteiger partial charge in [-0.25, -0.2) is 8.78 Å². The highest BCUT2D eigenvalue weighted by atomic mass is 19.1. The van der Waals surface area contributed by atoms with Gasteiger partial charge in [0.2, 0.25) is 0 Å². The number of rotatable bonds is 6. The molecule has 1 aromatic heterocycles. The molecule has 0 spiro atoms. The Morgan fingerprint density at radius 1 is 1.32 bits per heavy atom. The summed E-state index contributed by atoms with van der Waals surface area (Å²) < 4.78 is 33.0. The fourth-order valence-electron chi connectivity index (χ4n) is 1.97. The second-order valence-corrected chi connectivity index (χ2v) is 4.82. The zero-order valence-electron chi connectivity index (χ0n) is 12.0. The van der Waals surface area contributed by atoms with Crippen LogP contribution < -0.4 is 4.74 Å². The topological polar surface area (TPSA) is 59.4 Å². The summed E-state index contributed by atoms with van der Waals surface area (Å²) in [5.74, 6) is -3.18. The Bertz CT molecular complexity index is 666. The van der Waals surface area contributed by atoms with Crippen LogP contribution in [0.1, 0.15) is 23.2 Å². The van der Waals surface area contributed by atoms with Crippen LogP contribution in [0.2, 0.25) is 0 Å². The maximum Gasteiger partial charge on any atom is 0.303 e. The number of aryl methyl sites for hydroxylation is 2. The first kappa shape index (κ1) is 15.9. The van der Waals surface area contributed by atoms with Crippen LogP contribution in [-0.2, 0) is 17.8 Å². The molecule has 0 aliphatic rings. The lowest BCUT2D eigenvalue weighted by atomic mass is 10.1. The number of ether oxygens (including phenoxy) is 1. The molecule has 1 aromatic carbocycles. The largest absolute Gasteiger partial charge is 0.483 e. The summed E-state index contributed by atoms with van der Waals surface area (Å²) in [5.41, 5.74) is 1.74. The summed E-state index contributed by atoms with van der Waals surface area (Å²) in [6.45, 7) is 1.78. The average molecular weight is 307 g/mol. The molecule has 2 rings (SSSR count). The highest BCUT2D eigenvalue weighted by Crippen LogP contribution is 2.25. The Balaban J connectivity index is 2.11. The molecular formula is C16H15F2NO3. The van der Waals surface area contributed by atoms with Crippen LogP contribution in [0.4, 0.5) is 8.78 Å². The number of carbonyl (C=O) groups is 1. The molecule has 6 heteroatoms. The van der Waals surface area contributed by atoms with Crippen LogP contribution in [0, 0.1) is 18.6 Å². The number of nitrogens with zero attached hydrogens (tertiary/aromatic N) is 1. The second kappa shape index (κ2) is 6.98. The number of benzene rings is 1. The van der Waals surface area contributed by atoms with E-state index in [0.29, 0.717) is 0 Å². The first-order valence-corrected chi connectivity index (χ1v) is 6.70. The molecule has 0 atom stereocenters. The number of hydrogen-bond donors (Lipinski definition) is 1. The third-order valence-electron chi connectivity index (χ3n) is 3.17. The third-order valence-corrected chi connectivity index (χ3v) is 3.17. The number of carboxylic acids is 1. The van der Waals surface area contributed by atoms with Crippen molar-refractivity contribution in [2.24, 2.45) is 0 Å². The van der Waals surface area contributed by atoms with Crippen molar-refractivity contribution in [2.75, 3.05) is 0 Å². The zero-order chi connectivity index (χ0) is 16.1. The van der Waals surface area contributed by atoms with Crippen molar-refractivity contribution in [3.8, 4) is 5.75 Å². The highest BCUT2D eigenvalue weighted by molar-refractivity contribution is 5.67. The SMILES string of the molecule is Cc1ncccc1COc1c(F)cc(CCC(=O)O)cc1F. The summed E-state index contributed by atoms with van der Waals surface area (Å²) in [4.78, 5) is 14.6. The van der Waals surface area contributed by atoms with Crippen molar-refractivity contribution in [3.05, 3.63) is 58.9 Å². The van der Waals surface area contributed by atoms with E-state index in [9.17, 15) is 13.6 Å². The van der Waals surface area contributed by atoms with Crippen LogP contribution in [0.5, 0.6) is 5.75 Å². The standard InChI is InChI=1S/C16H15F2NO3/c1-10-12(3-2-6-19-10)9-22-16-13(17)7-11(8-14(16)18)4-5-15(20)21/h2-3,6-8H,4-5,9H2,1H3,(H,20,21). The molecule has 0 amide bonds. The van der Waals surface area contributed by atoms with E-state index in [-0.39, 0.29) is 25.0 Å². The van der Waals surface area contributed by atoms with Crippen LogP contribution >= 0.6 is 0 Å². The van der Waals surface area contributed by atoms with Crippen LogP contribution in [0.3, 0.4) is 0 Å². The van der Waals surface area contributed by atoms with Gasteiger partial charge in [0.1, 0.15) is 6.61 Å². The molecule has 0 aliphatic heterocycles. The number of pyridine rings is 1. The highest BCUT2D eigenvalue weighted by Gasteiger charge is 2.14. The molecule has 0 saturated heterocycles. The average Bonchev–Trinajstić information content (AvgIpc) is 2.46. The lowest BCUT2D eigenvalue weighted by Gasteiger charge is -2.11. The molecule has 4 nitrogen and oxygen atoms in total. The van der Waals surface area contributed by atoms with E-state index in [0.717, 1.165) is 23.4 Å². The second-order valence-electron chi connectivity index (χ2n) is 4.82. The van der Waals surface area contributed by atoms with Gasteiger partial charge in [-0.05, 0) is 37.1 Å². The van der Waals surface area contributed by atoms with Gasteiger partial charge < -0.3 is 9.84 Å². The minimum Gasteiger partial charge on any atom is -0.483 e. The van der Waals surface area contributed by atoms with Crippen LogP contribution in [0.25, 0.3) is 0 Å². The normalized spacial score (nSPS) is 10.5. The van der Waals surface area contributed by atoms with Crippen LogP contribution in [-0.4, -0.2) is 16.1 Å². The van der Waals surface area contributed by atoms with Gasteiger partial charge in [0, 0.05) is 23.9 Å². The van der Waals surface area contributed by atoms with E-state index in [2.05, 4.69) is 4.98 Å². The number of aliphatic carboxylic acids is 1. The fraction of sp³-hybridized carbons (Fsp3) is 0.250. The molecule has 0 saturated carbocycles. The van der Waals surface area contributed by atoms with Crippen molar-refractivity contribution in [3.63, 3.8) is 0 Å². The number of carboxylic acid groups (broad SMARTS) is 1. The first-order valence-electron chi connectivity index (χ1n) is 6.70. The molecule has 116 valence electrons. The summed E-state index contributed by atoms with van der Waals surface area (Å²) in [7, 11) is 0. The Morgan fingerprint density at radius 3 is 2.59 bits per heavy atom. The van der Waals surface area contributed by atoms with Gasteiger partial charge in [-0.1, -0.05) is 6.07 Å². The van der Waals surface area contributed by atoms with E-state index < -0.39 is 23.4 Å². The third kappa shape index (κ3) is 4.00. The van der Waals surface area contributed by atoms with Crippen molar-refractivity contribution in [1.82, 2.24) is 4.98 Å². The number of halogens is 2. The number of aromatic nitrogens is 1. The smallest absolute Gasteiger partial charge is 0.303 e. The van der Waals surface area contributed by atoms with E-state index in [4.69, 9.17) is 9.84 Å². The van der Waals surface area contributed by atoms with Gasteiger partial charge in [0.05, 0.1) is 0 Å². The van der Waals surface area contributed by atoms with E-state index in [1.807, 2.05) is 0 Å². The Morgan fingerprint density at radius 2 is 2.00 bits per heavy atom. The van der Waals surface area contributed by atoms with Gasteiger partial charge in [-0.3, -0.25) is 9.78 Å². The lowest BCUT2D eigenvalue weighted by Crippen LogP contribution is -2.04. The molecular weight excluding hydrogens is 292 g/mol. The Labute approximate surface area is 126 Å². The van der Waals surface area contributed by atoms with Crippen molar-refractivity contribution >= 4 is 5.97 Å². The van der Waals surface area contributed by atoms with E-state index >= 15 is 0 Å². The predicted octanol–water partition coefficient (Wildman–Crippen LogP) is 3.26. The molecule has 22 heavy (non-hydrogen) atoms. The maximum absolute atomic E-state index is 13.9. The van der Waals surface area contributed by atoms with Gasteiger partial charge >= 0.3 is 5.97 Å². The molecule has 0 fully saturated rings. The lowest BCUT2D eigenvalue weighted by molar-refractivity contribution is -0.136. The Kier molecular flexibility index (Phi) is 5.04. The molecule has 2 aromatic rings. The molecule has 0 aliphatic carbocycles.